The number of primary amides is 1. The minimum absolute atomic E-state index is 0.0445. The first-order chi connectivity index (χ1) is 13.5. The number of amides is 2. The Balaban J connectivity index is 2.14. The Hall–Kier alpha value is -1.68. The van der Waals surface area contributed by atoms with Crippen molar-refractivity contribution in [1.82, 2.24) is 5.32 Å². The van der Waals surface area contributed by atoms with Crippen molar-refractivity contribution in [3.8, 4) is 0 Å². The molecule has 2 amide bonds. The molecule has 8 heteroatoms. The smallest absolute Gasteiger partial charge is 0.408 e. The SMILES string of the molecule is CC(C)(C)OC(=O)NC1(C(=O)C[C@@H](Cc2ccc(I)cc2)C(N)=O)CCOCC1. The molecule has 0 bridgehead atoms. The summed E-state index contributed by atoms with van der Waals surface area (Å²) in [6.45, 7) is 5.97. The molecule has 1 aliphatic rings. The summed E-state index contributed by atoms with van der Waals surface area (Å²) in [7, 11) is 0. The Bertz CT molecular complexity index is 736. The number of rotatable bonds is 7. The Kier molecular flexibility index (Phi) is 8.04. The van der Waals surface area contributed by atoms with Crippen LogP contribution in [0.4, 0.5) is 4.79 Å². The van der Waals surface area contributed by atoms with E-state index in [1.807, 2.05) is 24.3 Å². The highest BCUT2D eigenvalue weighted by molar-refractivity contribution is 14.1. The van der Waals surface area contributed by atoms with Crippen molar-refractivity contribution in [2.75, 3.05) is 13.2 Å². The molecule has 7 nitrogen and oxygen atoms in total. The maximum absolute atomic E-state index is 13.2. The number of carbonyl (C=O) groups is 3. The number of Topliss-reactive ketones (excluding diaryl/α,β-unsaturated/α-hetero) is 1. The van der Waals surface area contributed by atoms with E-state index in [1.54, 1.807) is 20.8 Å². The fraction of sp³-hybridized carbons (Fsp3) is 0.571. The van der Waals surface area contributed by atoms with E-state index in [2.05, 4.69) is 27.9 Å². The van der Waals surface area contributed by atoms with Gasteiger partial charge in [0.2, 0.25) is 5.91 Å². The Morgan fingerprint density at radius 3 is 2.31 bits per heavy atom. The molecule has 0 aromatic heterocycles. The van der Waals surface area contributed by atoms with Crippen molar-refractivity contribution in [3.05, 3.63) is 33.4 Å². The van der Waals surface area contributed by atoms with E-state index in [0.717, 1.165) is 9.13 Å². The van der Waals surface area contributed by atoms with Crippen molar-refractivity contribution >= 4 is 40.4 Å². The Morgan fingerprint density at radius 1 is 1.21 bits per heavy atom. The molecule has 0 spiro atoms. The molecule has 160 valence electrons. The van der Waals surface area contributed by atoms with Crippen LogP contribution in [0.1, 0.15) is 45.6 Å². The highest BCUT2D eigenvalue weighted by atomic mass is 127. The number of hydrogen-bond donors (Lipinski definition) is 2. The lowest BCUT2D eigenvalue weighted by molar-refractivity contribution is -0.133. The molecular weight excluding hydrogens is 487 g/mol. The summed E-state index contributed by atoms with van der Waals surface area (Å²) in [6.07, 6.45) is 0.343. The van der Waals surface area contributed by atoms with Crippen LogP contribution in [-0.2, 0) is 25.5 Å². The van der Waals surface area contributed by atoms with Crippen molar-refractivity contribution in [3.63, 3.8) is 0 Å². The number of carbonyl (C=O) groups excluding carboxylic acids is 3. The topological polar surface area (TPSA) is 108 Å². The summed E-state index contributed by atoms with van der Waals surface area (Å²) >= 11 is 2.20. The molecule has 0 radical (unpaired) electrons. The predicted molar refractivity (Wildman–Crippen MR) is 117 cm³/mol. The lowest BCUT2D eigenvalue weighted by Crippen LogP contribution is -2.58. The molecule has 0 aliphatic carbocycles. The second-order valence-corrected chi connectivity index (χ2v) is 9.62. The quantitative estimate of drug-likeness (QED) is 0.542. The van der Waals surface area contributed by atoms with Crippen LogP contribution in [-0.4, -0.2) is 42.1 Å². The third kappa shape index (κ3) is 7.26. The maximum atomic E-state index is 13.2. The van der Waals surface area contributed by atoms with Gasteiger partial charge >= 0.3 is 6.09 Å². The average Bonchev–Trinajstić information content (AvgIpc) is 2.61. The minimum atomic E-state index is -1.11. The molecule has 29 heavy (non-hydrogen) atoms. The van der Waals surface area contributed by atoms with Gasteiger partial charge in [-0.25, -0.2) is 4.79 Å². The molecular formula is C21H29IN2O5. The predicted octanol–water partition coefficient (Wildman–Crippen LogP) is 2.97. The van der Waals surface area contributed by atoms with E-state index < -0.39 is 29.1 Å². The lowest BCUT2D eigenvalue weighted by Gasteiger charge is -2.37. The fourth-order valence-corrected chi connectivity index (χ4v) is 3.65. The van der Waals surface area contributed by atoms with Crippen molar-refractivity contribution in [1.29, 1.82) is 0 Å². The van der Waals surface area contributed by atoms with Crippen molar-refractivity contribution in [2.24, 2.45) is 11.7 Å². The number of ether oxygens (including phenoxy) is 2. The standard InChI is InChI=1S/C21H29IN2O5/c1-20(2,3)29-19(27)24-21(8-10-28-11-9-21)17(25)13-15(18(23)26)12-14-4-6-16(22)7-5-14/h4-7,15H,8-13H2,1-3H3,(H2,23,26)(H,24,27)/t15-/m1/s1. The van der Waals surface area contributed by atoms with Gasteiger partial charge in [-0.1, -0.05) is 12.1 Å². The molecule has 1 aromatic carbocycles. The number of halogens is 1. The molecule has 1 atom stereocenters. The third-order valence-corrected chi connectivity index (χ3v) is 5.57. The van der Waals surface area contributed by atoms with Crippen LogP contribution in [0, 0.1) is 9.49 Å². The zero-order valence-corrected chi connectivity index (χ0v) is 19.3. The van der Waals surface area contributed by atoms with Gasteiger partial charge in [0.1, 0.15) is 11.1 Å². The molecule has 1 aliphatic heterocycles. The summed E-state index contributed by atoms with van der Waals surface area (Å²) in [4.78, 5) is 37.6. The summed E-state index contributed by atoms with van der Waals surface area (Å²) in [5.41, 5.74) is 4.73. The Morgan fingerprint density at radius 2 is 1.79 bits per heavy atom. The number of benzene rings is 1. The van der Waals surface area contributed by atoms with Gasteiger partial charge in [-0.05, 0) is 67.5 Å². The fourth-order valence-electron chi connectivity index (χ4n) is 3.29. The molecule has 1 aromatic rings. The second kappa shape index (κ2) is 9.88. The highest BCUT2D eigenvalue weighted by Crippen LogP contribution is 2.27. The minimum Gasteiger partial charge on any atom is -0.444 e. The molecule has 0 unspecified atom stereocenters. The number of alkyl carbamates (subject to hydrolysis) is 1. The monoisotopic (exact) mass is 516 g/mol. The number of hydrogen-bond acceptors (Lipinski definition) is 5. The first-order valence-corrected chi connectivity index (χ1v) is 10.7. The summed E-state index contributed by atoms with van der Waals surface area (Å²) in [5, 5.41) is 2.76. The first-order valence-electron chi connectivity index (χ1n) is 9.67. The number of nitrogens with one attached hydrogen (secondary N) is 1. The van der Waals surface area contributed by atoms with Gasteiger partial charge < -0.3 is 20.5 Å². The van der Waals surface area contributed by atoms with Crippen LogP contribution in [0.15, 0.2) is 24.3 Å². The van der Waals surface area contributed by atoms with Crippen LogP contribution < -0.4 is 11.1 Å². The lowest BCUT2D eigenvalue weighted by atomic mass is 9.80. The van der Waals surface area contributed by atoms with E-state index >= 15 is 0 Å². The van der Waals surface area contributed by atoms with E-state index in [0.29, 0.717) is 32.5 Å². The molecule has 1 saturated heterocycles. The average molecular weight is 516 g/mol. The van der Waals surface area contributed by atoms with Crippen LogP contribution in [0.3, 0.4) is 0 Å². The van der Waals surface area contributed by atoms with E-state index in [1.165, 1.54) is 0 Å². The van der Waals surface area contributed by atoms with Crippen LogP contribution >= 0.6 is 22.6 Å². The third-order valence-electron chi connectivity index (χ3n) is 4.85. The number of nitrogens with two attached hydrogens (primary N) is 1. The zero-order chi connectivity index (χ0) is 21.7. The normalized spacial score (nSPS) is 17.2. The highest BCUT2D eigenvalue weighted by Gasteiger charge is 2.43. The van der Waals surface area contributed by atoms with Crippen LogP contribution in [0.25, 0.3) is 0 Å². The van der Waals surface area contributed by atoms with Crippen molar-refractivity contribution in [2.45, 2.75) is 57.6 Å². The van der Waals surface area contributed by atoms with Crippen molar-refractivity contribution < 1.29 is 23.9 Å². The molecule has 0 saturated carbocycles. The largest absolute Gasteiger partial charge is 0.444 e. The van der Waals surface area contributed by atoms with Gasteiger partial charge in [0.15, 0.2) is 5.78 Å². The zero-order valence-electron chi connectivity index (χ0n) is 17.1. The van der Waals surface area contributed by atoms with E-state index in [-0.39, 0.29) is 12.2 Å². The molecule has 1 fully saturated rings. The van der Waals surface area contributed by atoms with Crippen LogP contribution in [0.5, 0.6) is 0 Å². The molecule has 1 heterocycles. The summed E-state index contributed by atoms with van der Waals surface area (Å²) < 4.78 is 11.8. The van der Waals surface area contributed by atoms with Gasteiger partial charge in [-0.15, -0.1) is 0 Å². The van der Waals surface area contributed by atoms with E-state index in [9.17, 15) is 14.4 Å². The molecule has 3 N–H and O–H groups in total. The van der Waals surface area contributed by atoms with Gasteiger partial charge in [-0.3, -0.25) is 9.59 Å². The van der Waals surface area contributed by atoms with Gasteiger partial charge in [-0.2, -0.15) is 0 Å². The maximum Gasteiger partial charge on any atom is 0.408 e. The van der Waals surface area contributed by atoms with E-state index in [4.69, 9.17) is 15.2 Å². The Labute approximate surface area is 185 Å². The summed E-state index contributed by atoms with van der Waals surface area (Å²) in [5.74, 6) is -1.40. The van der Waals surface area contributed by atoms with Crippen LogP contribution in [0.2, 0.25) is 0 Å². The van der Waals surface area contributed by atoms with Gasteiger partial charge in [0.05, 0.1) is 0 Å². The number of ketones is 1. The first kappa shape index (κ1) is 23.6. The van der Waals surface area contributed by atoms with Gasteiger partial charge in [0, 0.05) is 42.0 Å². The second-order valence-electron chi connectivity index (χ2n) is 8.38. The summed E-state index contributed by atoms with van der Waals surface area (Å²) in [6, 6.07) is 7.73. The molecule has 2 rings (SSSR count). The van der Waals surface area contributed by atoms with Gasteiger partial charge in [0.25, 0.3) is 0 Å².